The fourth-order valence-electron chi connectivity index (χ4n) is 3.47. The fraction of sp³-hybridized carbons (Fsp3) is 0.273. The summed E-state index contributed by atoms with van der Waals surface area (Å²) in [7, 11) is 1.06. The minimum Gasteiger partial charge on any atom is -0.508 e. The lowest BCUT2D eigenvalue weighted by Crippen LogP contribution is -2.61. The number of benzene rings is 2. The van der Waals surface area contributed by atoms with Crippen molar-refractivity contribution in [3.8, 4) is 28.6 Å². The first-order valence-corrected chi connectivity index (χ1v) is 9.74. The molecule has 1 saturated heterocycles. The number of rotatable bonds is 4. The predicted molar refractivity (Wildman–Crippen MR) is 111 cm³/mol. The molecule has 5 atom stereocenters. The van der Waals surface area contributed by atoms with Gasteiger partial charge in [-0.15, -0.1) is 0 Å². The van der Waals surface area contributed by atoms with Crippen molar-refractivity contribution in [2.45, 2.75) is 30.7 Å². The van der Waals surface area contributed by atoms with Crippen LogP contribution >= 0.6 is 0 Å². The number of aromatic hydroxyl groups is 2. The summed E-state index contributed by atoms with van der Waals surface area (Å²) in [6.45, 7) is 0. The molecule has 2 heterocycles. The summed E-state index contributed by atoms with van der Waals surface area (Å²) in [5.74, 6) is -1.42. The number of methoxy groups -OCH3 is 1. The van der Waals surface area contributed by atoms with Crippen LogP contribution in [0.3, 0.4) is 0 Å². The molecule has 174 valence electrons. The van der Waals surface area contributed by atoms with Gasteiger partial charge in [0, 0.05) is 23.8 Å². The van der Waals surface area contributed by atoms with E-state index in [-0.39, 0.29) is 28.2 Å². The van der Waals surface area contributed by atoms with Crippen LogP contribution in [0.2, 0.25) is 0 Å². The van der Waals surface area contributed by atoms with Crippen LogP contribution in [0.25, 0.3) is 22.3 Å². The lowest BCUT2D eigenvalue weighted by molar-refractivity contribution is -0.271. The Kier molecular flexibility index (Phi) is 5.95. The van der Waals surface area contributed by atoms with Crippen LogP contribution in [0, 0.1) is 0 Å². The van der Waals surface area contributed by atoms with Crippen LogP contribution in [0.5, 0.6) is 17.2 Å². The second kappa shape index (κ2) is 8.71. The van der Waals surface area contributed by atoms with Crippen LogP contribution in [0.4, 0.5) is 0 Å². The largest absolute Gasteiger partial charge is 0.508 e. The van der Waals surface area contributed by atoms with E-state index in [1.807, 2.05) is 0 Å². The molecule has 4 rings (SSSR count). The topological polar surface area (TPSA) is 176 Å². The number of fused-ring (bicyclic) bond motifs is 1. The molecule has 0 aliphatic carbocycles. The van der Waals surface area contributed by atoms with Crippen molar-refractivity contribution < 1.29 is 49.0 Å². The minimum absolute atomic E-state index is 0.0267. The SMILES string of the molecule is COC(=O)[C@@H]1O[C@@H](Oc2cc(O)c3c(=O)cc(-c4ccc(O)cc4)oc3c2)[C@@H](O)[C@H](O)[C@H]1O. The van der Waals surface area contributed by atoms with Crippen molar-refractivity contribution in [3.63, 3.8) is 0 Å². The number of carbonyl (C=O) groups excluding carboxylic acids is 1. The van der Waals surface area contributed by atoms with Gasteiger partial charge < -0.3 is 44.2 Å². The number of esters is 1. The third kappa shape index (κ3) is 4.22. The number of ether oxygens (including phenoxy) is 3. The maximum absolute atomic E-state index is 12.6. The second-order valence-corrected chi connectivity index (χ2v) is 7.38. The summed E-state index contributed by atoms with van der Waals surface area (Å²) in [6, 6.07) is 9.39. The van der Waals surface area contributed by atoms with E-state index in [4.69, 9.17) is 13.9 Å². The van der Waals surface area contributed by atoms with Gasteiger partial charge in [0.25, 0.3) is 0 Å². The Hall–Kier alpha value is -3.64. The normalized spacial score (nSPS) is 25.0. The molecule has 1 aliphatic heterocycles. The highest BCUT2D eigenvalue weighted by Gasteiger charge is 2.48. The molecule has 33 heavy (non-hydrogen) atoms. The van der Waals surface area contributed by atoms with Gasteiger partial charge in [0.2, 0.25) is 6.29 Å². The van der Waals surface area contributed by atoms with Crippen molar-refractivity contribution in [1.29, 1.82) is 0 Å². The zero-order valence-corrected chi connectivity index (χ0v) is 17.1. The number of hydrogen-bond acceptors (Lipinski definition) is 11. The quantitative estimate of drug-likeness (QED) is 0.337. The molecule has 11 nitrogen and oxygen atoms in total. The Morgan fingerprint density at radius 1 is 0.970 bits per heavy atom. The molecule has 0 spiro atoms. The van der Waals surface area contributed by atoms with Crippen molar-refractivity contribution in [3.05, 3.63) is 52.7 Å². The van der Waals surface area contributed by atoms with Crippen molar-refractivity contribution in [1.82, 2.24) is 0 Å². The van der Waals surface area contributed by atoms with Gasteiger partial charge in [0.05, 0.1) is 7.11 Å². The second-order valence-electron chi connectivity index (χ2n) is 7.38. The lowest BCUT2D eigenvalue weighted by Gasteiger charge is -2.38. The summed E-state index contributed by atoms with van der Waals surface area (Å²) in [5, 5.41) is 49.9. The number of phenols is 2. The number of phenolic OH excluding ortho intramolecular Hbond substituents is 2. The van der Waals surface area contributed by atoms with Gasteiger partial charge in [-0.05, 0) is 24.3 Å². The monoisotopic (exact) mass is 460 g/mol. The Balaban J connectivity index is 1.70. The van der Waals surface area contributed by atoms with Crippen LogP contribution in [-0.4, -0.2) is 69.3 Å². The standard InChI is InChI=1S/C22H20O11/c1-30-21(29)20-18(27)17(26)19(28)22(33-20)31-11-6-12(24)16-13(25)8-14(32-15(16)7-11)9-2-4-10(23)5-3-9/h2-8,17-20,22-24,26-28H,1H3/t17-,18-,19+,20-,22-/m1/s1. The molecule has 3 aromatic rings. The number of aliphatic hydroxyl groups is 3. The maximum atomic E-state index is 12.6. The predicted octanol–water partition coefficient (Wildman–Crippen LogP) is 0.231. The lowest BCUT2D eigenvalue weighted by atomic mass is 9.99. The van der Waals surface area contributed by atoms with E-state index in [2.05, 4.69) is 4.74 Å². The minimum atomic E-state index is -1.79. The molecule has 0 radical (unpaired) electrons. The van der Waals surface area contributed by atoms with Crippen LogP contribution in [0.15, 0.2) is 51.7 Å². The Morgan fingerprint density at radius 3 is 2.33 bits per heavy atom. The number of aliphatic hydroxyl groups excluding tert-OH is 3. The highest BCUT2D eigenvalue weighted by Crippen LogP contribution is 2.33. The van der Waals surface area contributed by atoms with E-state index in [0.717, 1.165) is 13.2 Å². The molecule has 0 bridgehead atoms. The van der Waals surface area contributed by atoms with Crippen LogP contribution in [-0.2, 0) is 14.3 Å². The van der Waals surface area contributed by atoms with Crippen LogP contribution in [0.1, 0.15) is 0 Å². The van der Waals surface area contributed by atoms with Crippen LogP contribution < -0.4 is 10.2 Å². The Morgan fingerprint density at radius 2 is 1.67 bits per heavy atom. The summed E-state index contributed by atoms with van der Waals surface area (Å²) < 4.78 is 21.0. The molecule has 0 unspecified atom stereocenters. The number of carbonyl (C=O) groups is 1. The molecule has 11 heteroatoms. The Bertz CT molecular complexity index is 1230. The van der Waals surface area contributed by atoms with E-state index in [0.29, 0.717) is 5.56 Å². The van der Waals surface area contributed by atoms with Gasteiger partial charge >= 0.3 is 5.97 Å². The molecule has 5 N–H and O–H groups in total. The molecule has 0 amide bonds. The van der Waals surface area contributed by atoms with E-state index in [9.17, 15) is 35.1 Å². The van der Waals surface area contributed by atoms with Gasteiger partial charge in [0.15, 0.2) is 11.5 Å². The third-order valence-corrected chi connectivity index (χ3v) is 5.19. The van der Waals surface area contributed by atoms with Crippen molar-refractivity contribution in [2.75, 3.05) is 7.11 Å². The van der Waals surface area contributed by atoms with Crippen molar-refractivity contribution >= 4 is 16.9 Å². The van der Waals surface area contributed by atoms with Gasteiger partial charge in [-0.25, -0.2) is 4.79 Å². The number of hydrogen-bond donors (Lipinski definition) is 5. The first-order valence-electron chi connectivity index (χ1n) is 9.74. The molecule has 1 aliphatic rings. The molecular formula is C22H20O11. The molecule has 0 saturated carbocycles. The average molecular weight is 460 g/mol. The van der Waals surface area contributed by atoms with Gasteiger partial charge in [-0.2, -0.15) is 0 Å². The molecule has 2 aromatic carbocycles. The highest BCUT2D eigenvalue weighted by molar-refractivity contribution is 5.86. The molecular weight excluding hydrogens is 440 g/mol. The average Bonchev–Trinajstić information content (AvgIpc) is 2.78. The van der Waals surface area contributed by atoms with Gasteiger partial charge in [-0.1, -0.05) is 0 Å². The zero-order valence-electron chi connectivity index (χ0n) is 17.1. The summed E-state index contributed by atoms with van der Waals surface area (Å²) in [4.78, 5) is 24.4. The third-order valence-electron chi connectivity index (χ3n) is 5.19. The summed E-state index contributed by atoms with van der Waals surface area (Å²) in [6.07, 6.45) is -8.57. The summed E-state index contributed by atoms with van der Waals surface area (Å²) in [5.41, 5.74) is -0.112. The Labute approximate surface area is 185 Å². The first-order chi connectivity index (χ1) is 15.7. The highest BCUT2D eigenvalue weighted by atomic mass is 16.7. The summed E-state index contributed by atoms with van der Waals surface area (Å²) >= 11 is 0. The van der Waals surface area contributed by atoms with E-state index in [1.165, 1.54) is 36.4 Å². The smallest absolute Gasteiger partial charge is 0.337 e. The van der Waals surface area contributed by atoms with Gasteiger partial charge in [0.1, 0.15) is 52.3 Å². The van der Waals surface area contributed by atoms with Gasteiger partial charge in [-0.3, -0.25) is 4.79 Å². The first kappa shape index (κ1) is 22.6. The van der Waals surface area contributed by atoms with E-state index in [1.54, 1.807) is 0 Å². The molecule has 1 fully saturated rings. The zero-order chi connectivity index (χ0) is 23.9. The van der Waals surface area contributed by atoms with E-state index >= 15 is 0 Å². The molecule has 1 aromatic heterocycles. The van der Waals surface area contributed by atoms with E-state index < -0.39 is 47.9 Å². The maximum Gasteiger partial charge on any atom is 0.337 e. The van der Waals surface area contributed by atoms with Crippen molar-refractivity contribution in [2.24, 2.45) is 0 Å². The fourth-order valence-corrected chi connectivity index (χ4v) is 3.47.